The summed E-state index contributed by atoms with van der Waals surface area (Å²) in [5.41, 5.74) is -2.67. The van der Waals surface area contributed by atoms with Crippen LogP contribution in [0.2, 0.25) is 0 Å². The number of phosphoric acid groups is 1. The van der Waals surface area contributed by atoms with E-state index in [4.69, 9.17) is 12.5 Å². The van der Waals surface area contributed by atoms with Gasteiger partial charge >= 0.3 is 13.5 Å². The van der Waals surface area contributed by atoms with E-state index in [1.54, 1.807) is 0 Å². The monoisotopic (exact) mass is 346 g/mol. The second-order valence-electron chi connectivity index (χ2n) is 4.34. The molecule has 3 atom stereocenters. The van der Waals surface area contributed by atoms with Crippen LogP contribution in [0, 0.1) is 5.82 Å². The van der Waals surface area contributed by atoms with Crippen LogP contribution in [0.1, 0.15) is 15.4 Å². The van der Waals surface area contributed by atoms with Crippen molar-refractivity contribution >= 4 is 7.82 Å². The molecule has 1 aromatic rings. The summed E-state index contributed by atoms with van der Waals surface area (Å²) in [6, 6.07) is 0. The number of aliphatic hydroxyl groups is 1. The van der Waals surface area contributed by atoms with Crippen molar-refractivity contribution in [3.63, 3.8) is 0 Å². The summed E-state index contributed by atoms with van der Waals surface area (Å²) in [4.78, 5) is 41.3. The first kappa shape index (κ1) is 14.2. The number of aromatic nitrogens is 2. The molecule has 124 valence electrons. The molecule has 22 heavy (non-hydrogen) atoms. The highest BCUT2D eigenvalue weighted by atomic mass is 31.2. The third-order valence-corrected chi connectivity index (χ3v) is 2.95. The molecule has 0 aliphatic carbocycles. The summed E-state index contributed by atoms with van der Waals surface area (Å²) in [6.07, 6.45) is -4.80. The lowest BCUT2D eigenvalue weighted by atomic mass is 10.2. The predicted molar refractivity (Wildman–Crippen MR) is 63.9 cm³/mol. The number of H-pyrrole nitrogens is 1. The van der Waals surface area contributed by atoms with Crippen molar-refractivity contribution in [1.82, 2.24) is 9.55 Å². The van der Waals surface area contributed by atoms with E-state index in [-0.39, 0.29) is 4.57 Å². The van der Waals surface area contributed by atoms with E-state index in [1.165, 1.54) is 4.98 Å². The summed E-state index contributed by atoms with van der Waals surface area (Å²) in [5, 5.41) is 9.77. The first-order valence-electron chi connectivity index (χ1n) is 6.58. The van der Waals surface area contributed by atoms with Crippen molar-refractivity contribution in [2.24, 2.45) is 0 Å². The highest BCUT2D eigenvalue weighted by molar-refractivity contribution is 7.46. The summed E-state index contributed by atoms with van der Waals surface area (Å²) in [5.74, 6) is -5.04. The van der Waals surface area contributed by atoms with Gasteiger partial charge in [0.15, 0.2) is 6.23 Å². The van der Waals surface area contributed by atoms with E-state index in [1.807, 2.05) is 0 Å². The molecule has 0 radical (unpaired) electrons. The van der Waals surface area contributed by atoms with Crippen molar-refractivity contribution in [2.75, 3.05) is 6.56 Å². The Morgan fingerprint density at radius 1 is 1.64 bits per heavy atom. The largest absolute Gasteiger partial charge is 0.469 e. The van der Waals surface area contributed by atoms with E-state index >= 15 is 0 Å². The fraction of sp³-hybridized carbons (Fsp3) is 0.556. The Bertz CT molecular complexity index is 809. The lowest BCUT2D eigenvalue weighted by Gasteiger charge is -2.21. The number of aromatic amines is 1. The number of alkyl halides is 1. The molecule has 0 aromatic carbocycles. The molecule has 10 nitrogen and oxygen atoms in total. The maximum atomic E-state index is 14.6. The molecule has 4 N–H and O–H groups in total. The zero-order valence-corrected chi connectivity index (χ0v) is 11.4. The van der Waals surface area contributed by atoms with Crippen LogP contribution in [0.5, 0.6) is 0 Å². The average molecular weight is 346 g/mol. The van der Waals surface area contributed by atoms with Crippen LogP contribution in [-0.2, 0) is 13.8 Å². The molecular formula is C9H11F2N2O8P. The number of aliphatic hydroxyl groups excluding tert-OH is 1. The second kappa shape index (κ2) is 5.65. The van der Waals surface area contributed by atoms with Gasteiger partial charge in [-0.15, -0.1) is 0 Å². The molecule has 2 rings (SSSR count). The molecule has 2 heterocycles. The summed E-state index contributed by atoms with van der Waals surface area (Å²) < 4.78 is 61.6. The lowest BCUT2D eigenvalue weighted by Crippen LogP contribution is -2.37. The van der Waals surface area contributed by atoms with Crippen molar-refractivity contribution in [2.45, 2.75) is 24.6 Å². The molecule has 0 amide bonds. The van der Waals surface area contributed by atoms with Crippen LogP contribution >= 0.6 is 7.82 Å². The van der Waals surface area contributed by atoms with Crippen molar-refractivity contribution < 1.29 is 40.2 Å². The van der Waals surface area contributed by atoms with E-state index in [0.29, 0.717) is 6.20 Å². The fourth-order valence-electron chi connectivity index (χ4n) is 1.77. The quantitative estimate of drug-likeness (QED) is 0.493. The number of rotatable bonds is 4. The smallest absolute Gasteiger partial charge is 0.388 e. The number of nitrogens with zero attached hydrogens (tertiary/aromatic N) is 1. The predicted octanol–water partition coefficient (Wildman–Crippen LogP) is -1.27. The van der Waals surface area contributed by atoms with Gasteiger partial charge < -0.3 is 19.6 Å². The van der Waals surface area contributed by atoms with Crippen LogP contribution in [0.3, 0.4) is 0 Å². The van der Waals surface area contributed by atoms with Crippen molar-refractivity contribution in [3.05, 3.63) is 32.9 Å². The van der Waals surface area contributed by atoms with Crippen LogP contribution in [0.4, 0.5) is 8.78 Å². The van der Waals surface area contributed by atoms with Gasteiger partial charge in [0, 0.05) is 6.42 Å². The van der Waals surface area contributed by atoms with Crippen LogP contribution in [-0.4, -0.2) is 43.0 Å². The Labute approximate surface area is 123 Å². The Balaban J connectivity index is 2.39. The molecule has 0 spiro atoms. The van der Waals surface area contributed by atoms with Crippen molar-refractivity contribution in [3.8, 4) is 0 Å². The number of phosphoric ester groups is 1. The minimum atomic E-state index is -5.47. The summed E-state index contributed by atoms with van der Waals surface area (Å²) >= 11 is 0. The second-order valence-corrected chi connectivity index (χ2v) is 5.50. The first-order valence-corrected chi connectivity index (χ1v) is 7.11. The number of hydrogen-bond acceptors (Lipinski definition) is 6. The highest BCUT2D eigenvalue weighted by Crippen LogP contribution is 2.42. The van der Waals surface area contributed by atoms with E-state index in [9.17, 15) is 28.0 Å². The number of halogens is 2. The molecule has 1 aliphatic rings. The van der Waals surface area contributed by atoms with Gasteiger partial charge in [0.2, 0.25) is 11.7 Å². The van der Waals surface area contributed by atoms with E-state index in [2.05, 4.69) is 9.26 Å². The van der Waals surface area contributed by atoms with Crippen molar-refractivity contribution in [1.29, 1.82) is 0 Å². The molecule has 0 bridgehead atoms. The van der Waals surface area contributed by atoms with Gasteiger partial charge in [-0.2, -0.15) is 4.39 Å². The van der Waals surface area contributed by atoms with Gasteiger partial charge in [-0.1, -0.05) is 0 Å². The van der Waals surface area contributed by atoms with Gasteiger partial charge in [-0.05, 0) is 0 Å². The fourth-order valence-corrected chi connectivity index (χ4v) is 2.03. The van der Waals surface area contributed by atoms with Gasteiger partial charge in [0.1, 0.15) is 12.7 Å². The lowest BCUT2D eigenvalue weighted by molar-refractivity contribution is -0.178. The van der Waals surface area contributed by atoms with Gasteiger partial charge in [0.05, 0.1) is 8.94 Å². The molecule has 1 aromatic heterocycles. The Hall–Kier alpha value is -1.43. The number of nitrogens with one attached hydrogen (secondary N) is 1. The van der Waals surface area contributed by atoms with Gasteiger partial charge in [-0.25, -0.2) is 13.8 Å². The Kier molecular flexibility index (Phi) is 3.64. The maximum Gasteiger partial charge on any atom is 0.469 e. The van der Waals surface area contributed by atoms with Crippen LogP contribution < -0.4 is 11.2 Å². The SMILES string of the molecule is [2H]C([2H])(OP(=O)(O)O)[C@]1(F)C[C@@H](O)[C@H](n2cc(F)c(=O)[nH]c2=O)O1. The Morgan fingerprint density at radius 3 is 2.86 bits per heavy atom. The molecular weight excluding hydrogens is 333 g/mol. The first-order chi connectivity index (χ1) is 10.8. The maximum absolute atomic E-state index is 14.6. The van der Waals surface area contributed by atoms with E-state index in [0.717, 1.165) is 0 Å². The standard InChI is InChI=1S/C9H11F2N2O8P/c10-4-2-13(8(16)12-6(4)15)7-5(14)1-9(11,21-7)3-20-22(17,18)19/h2,5,7,14H,1,3H2,(H,12,15,16)(H2,17,18,19)/t5-,7-,9+/m1/s1/i3D2. The van der Waals surface area contributed by atoms with E-state index < -0.39 is 56.1 Å². The Morgan fingerprint density at radius 2 is 2.27 bits per heavy atom. The zero-order chi connectivity index (χ0) is 18.5. The topological polar surface area (TPSA) is 151 Å². The zero-order valence-electron chi connectivity index (χ0n) is 12.5. The van der Waals surface area contributed by atoms with Gasteiger partial charge in [0.25, 0.3) is 5.56 Å². The average Bonchev–Trinajstić information content (AvgIpc) is 2.68. The molecule has 1 saturated heterocycles. The molecule has 13 heteroatoms. The van der Waals surface area contributed by atoms with Gasteiger partial charge in [-0.3, -0.25) is 18.9 Å². The summed E-state index contributed by atoms with van der Waals surface area (Å²) in [7, 11) is -5.47. The third kappa shape index (κ3) is 3.66. The minimum Gasteiger partial charge on any atom is -0.388 e. The van der Waals surface area contributed by atoms with Crippen LogP contribution in [0.25, 0.3) is 0 Å². The molecule has 0 saturated carbocycles. The minimum absolute atomic E-state index is 0.260. The number of ether oxygens (including phenoxy) is 1. The normalized spacial score (nSPS) is 31.0. The van der Waals surface area contributed by atoms with Crippen LogP contribution in [0.15, 0.2) is 15.8 Å². The molecule has 1 fully saturated rings. The molecule has 1 aliphatic heterocycles. The third-order valence-electron chi connectivity index (χ3n) is 2.62. The molecule has 0 unspecified atom stereocenters. The highest BCUT2D eigenvalue weighted by Gasteiger charge is 2.49. The number of hydrogen-bond donors (Lipinski definition) is 4. The summed E-state index contributed by atoms with van der Waals surface area (Å²) in [6.45, 7) is -3.72.